The number of ether oxygens (including phenoxy) is 2. The minimum Gasteiger partial charge on any atom is -0.379 e. The van der Waals surface area contributed by atoms with Gasteiger partial charge in [0.2, 0.25) is 0 Å². The maximum Gasteiger partial charge on any atom is 0.0785 e. The van der Waals surface area contributed by atoms with Crippen molar-refractivity contribution in [3.8, 4) is 0 Å². The molecule has 0 aliphatic carbocycles. The van der Waals surface area contributed by atoms with Crippen LogP contribution in [0.5, 0.6) is 0 Å². The van der Waals surface area contributed by atoms with Crippen LogP contribution < -0.4 is 5.32 Å². The lowest BCUT2D eigenvalue weighted by atomic mass is 10.1. The van der Waals surface area contributed by atoms with E-state index in [-0.39, 0.29) is 6.10 Å². The number of thiophene rings is 1. The molecule has 0 fully saturated rings. The number of rotatable bonds is 8. The molecule has 2 aromatic rings. The van der Waals surface area contributed by atoms with Gasteiger partial charge in [0.25, 0.3) is 0 Å². The molecule has 3 nitrogen and oxygen atoms in total. The Bertz CT molecular complexity index is 538. The second-order valence-corrected chi connectivity index (χ2v) is 5.95. The second-order valence-electron chi connectivity index (χ2n) is 4.81. The Morgan fingerprint density at radius 2 is 2.10 bits per heavy atom. The van der Waals surface area contributed by atoms with E-state index < -0.39 is 0 Å². The fraction of sp³-hybridized carbons (Fsp3) is 0.500. The van der Waals surface area contributed by atoms with Crippen molar-refractivity contribution >= 4 is 21.4 Å². The first-order valence-corrected chi connectivity index (χ1v) is 7.91. The Kier molecular flexibility index (Phi) is 5.98. The molecule has 110 valence electrons. The predicted molar refractivity (Wildman–Crippen MR) is 85.3 cm³/mol. The van der Waals surface area contributed by atoms with E-state index >= 15 is 0 Å². The molecule has 1 heterocycles. The highest BCUT2D eigenvalue weighted by atomic mass is 32.1. The van der Waals surface area contributed by atoms with Gasteiger partial charge in [-0.3, -0.25) is 0 Å². The zero-order chi connectivity index (χ0) is 14.4. The van der Waals surface area contributed by atoms with Crippen LogP contribution in [0.3, 0.4) is 0 Å². The lowest BCUT2D eigenvalue weighted by Gasteiger charge is -2.13. The van der Waals surface area contributed by atoms with Crippen LogP contribution in [-0.4, -0.2) is 26.4 Å². The normalized spacial score (nSPS) is 12.9. The van der Waals surface area contributed by atoms with E-state index in [9.17, 15) is 0 Å². The Morgan fingerprint density at radius 1 is 1.30 bits per heavy atom. The summed E-state index contributed by atoms with van der Waals surface area (Å²) in [5.74, 6) is 0. The molecule has 1 N–H and O–H groups in total. The van der Waals surface area contributed by atoms with Gasteiger partial charge in [0, 0.05) is 28.3 Å². The molecular formula is C16H23NO2S. The molecule has 0 spiro atoms. The Labute approximate surface area is 124 Å². The minimum absolute atomic E-state index is 0.121. The molecule has 4 heteroatoms. The van der Waals surface area contributed by atoms with Gasteiger partial charge in [-0.1, -0.05) is 18.2 Å². The molecule has 0 saturated heterocycles. The van der Waals surface area contributed by atoms with Crippen molar-refractivity contribution in [1.29, 1.82) is 0 Å². The zero-order valence-corrected chi connectivity index (χ0v) is 13.3. The molecule has 20 heavy (non-hydrogen) atoms. The fourth-order valence-corrected chi connectivity index (χ4v) is 3.39. The molecule has 0 saturated carbocycles. The van der Waals surface area contributed by atoms with Crippen molar-refractivity contribution in [2.24, 2.45) is 0 Å². The van der Waals surface area contributed by atoms with Gasteiger partial charge < -0.3 is 14.8 Å². The average molecular weight is 293 g/mol. The minimum atomic E-state index is 0.121. The van der Waals surface area contributed by atoms with E-state index in [2.05, 4.69) is 36.5 Å². The average Bonchev–Trinajstić information content (AvgIpc) is 2.81. The van der Waals surface area contributed by atoms with Crippen molar-refractivity contribution in [1.82, 2.24) is 5.32 Å². The van der Waals surface area contributed by atoms with E-state index in [1.165, 1.54) is 20.5 Å². The van der Waals surface area contributed by atoms with Gasteiger partial charge in [-0.05, 0) is 32.3 Å². The van der Waals surface area contributed by atoms with Gasteiger partial charge in [-0.25, -0.2) is 0 Å². The van der Waals surface area contributed by atoms with Gasteiger partial charge in [-0.2, -0.15) is 0 Å². The summed E-state index contributed by atoms with van der Waals surface area (Å²) in [6.45, 7) is 6.99. The maximum atomic E-state index is 5.94. The van der Waals surface area contributed by atoms with Crippen molar-refractivity contribution in [3.63, 3.8) is 0 Å². The van der Waals surface area contributed by atoms with Crippen LogP contribution in [0.2, 0.25) is 0 Å². The number of hydrogen-bond acceptors (Lipinski definition) is 4. The van der Waals surface area contributed by atoms with E-state index in [0.29, 0.717) is 13.2 Å². The summed E-state index contributed by atoms with van der Waals surface area (Å²) in [6, 6.07) is 8.53. The first-order valence-electron chi connectivity index (χ1n) is 7.09. The highest BCUT2D eigenvalue weighted by molar-refractivity contribution is 7.19. The predicted octanol–water partition coefficient (Wildman–Crippen LogP) is 3.56. The molecule has 2 rings (SSSR count). The summed E-state index contributed by atoms with van der Waals surface area (Å²) in [6.07, 6.45) is 0.121. The number of benzene rings is 1. The molecule has 1 unspecified atom stereocenters. The highest BCUT2D eigenvalue weighted by Gasteiger charge is 2.13. The van der Waals surface area contributed by atoms with Gasteiger partial charge in [0.15, 0.2) is 0 Å². The number of hydrogen-bond donors (Lipinski definition) is 1. The maximum absolute atomic E-state index is 5.94. The summed E-state index contributed by atoms with van der Waals surface area (Å²) in [5.41, 5.74) is 1.31. The molecule has 0 aliphatic heterocycles. The molecule has 1 atom stereocenters. The summed E-state index contributed by atoms with van der Waals surface area (Å²) in [7, 11) is 1.98. The van der Waals surface area contributed by atoms with Gasteiger partial charge in [-0.15, -0.1) is 11.3 Å². The molecular weight excluding hydrogens is 270 g/mol. The monoisotopic (exact) mass is 293 g/mol. The van der Waals surface area contributed by atoms with Crippen LogP contribution in [0.15, 0.2) is 24.3 Å². The van der Waals surface area contributed by atoms with Crippen LogP contribution >= 0.6 is 11.3 Å². The van der Waals surface area contributed by atoms with E-state index in [1.807, 2.05) is 25.3 Å². The van der Waals surface area contributed by atoms with Crippen molar-refractivity contribution < 1.29 is 9.47 Å². The van der Waals surface area contributed by atoms with E-state index in [1.54, 1.807) is 0 Å². The zero-order valence-electron chi connectivity index (χ0n) is 12.4. The molecule has 0 radical (unpaired) electrons. The van der Waals surface area contributed by atoms with E-state index in [0.717, 1.165) is 13.2 Å². The quantitative estimate of drug-likeness (QED) is 0.807. The lowest BCUT2D eigenvalue weighted by Crippen LogP contribution is -2.16. The van der Waals surface area contributed by atoms with Crippen molar-refractivity contribution in [2.45, 2.75) is 33.1 Å². The summed E-state index contributed by atoms with van der Waals surface area (Å²) >= 11 is 1.84. The largest absolute Gasteiger partial charge is 0.379 e. The molecule has 0 aliphatic rings. The van der Waals surface area contributed by atoms with Crippen molar-refractivity contribution in [3.05, 3.63) is 34.7 Å². The standard InChI is InChI=1S/C16H23NO2S/c1-4-18-10-12(2)19-11-14-13-7-5-6-8-15(13)20-16(14)9-17-3/h5-8,12,17H,4,9-11H2,1-3H3. The fourth-order valence-electron chi connectivity index (χ4n) is 2.17. The van der Waals surface area contributed by atoms with Gasteiger partial charge in [0.1, 0.15) is 0 Å². The summed E-state index contributed by atoms with van der Waals surface area (Å²) in [5, 5.41) is 4.55. The van der Waals surface area contributed by atoms with E-state index in [4.69, 9.17) is 9.47 Å². The molecule has 1 aromatic carbocycles. The van der Waals surface area contributed by atoms with Gasteiger partial charge >= 0.3 is 0 Å². The Hall–Kier alpha value is -0.940. The topological polar surface area (TPSA) is 30.5 Å². The van der Waals surface area contributed by atoms with Crippen LogP contribution in [0.1, 0.15) is 24.3 Å². The number of fused-ring (bicyclic) bond motifs is 1. The van der Waals surface area contributed by atoms with Crippen LogP contribution in [0, 0.1) is 0 Å². The Morgan fingerprint density at radius 3 is 2.85 bits per heavy atom. The second kappa shape index (κ2) is 7.74. The molecule has 0 amide bonds. The molecule has 1 aromatic heterocycles. The molecule has 0 bridgehead atoms. The summed E-state index contributed by atoms with van der Waals surface area (Å²) < 4.78 is 12.7. The third kappa shape index (κ3) is 3.79. The highest BCUT2D eigenvalue weighted by Crippen LogP contribution is 2.32. The third-order valence-electron chi connectivity index (χ3n) is 3.19. The van der Waals surface area contributed by atoms with Gasteiger partial charge in [0.05, 0.1) is 19.3 Å². The SMILES string of the molecule is CCOCC(C)OCc1c(CNC)sc2ccccc12. The smallest absolute Gasteiger partial charge is 0.0785 e. The third-order valence-corrected chi connectivity index (χ3v) is 4.40. The van der Waals surface area contributed by atoms with Crippen LogP contribution in [0.25, 0.3) is 10.1 Å². The van der Waals surface area contributed by atoms with Crippen molar-refractivity contribution in [2.75, 3.05) is 20.3 Å². The number of nitrogens with one attached hydrogen (secondary N) is 1. The van der Waals surface area contributed by atoms with Crippen LogP contribution in [-0.2, 0) is 22.6 Å². The summed E-state index contributed by atoms with van der Waals surface area (Å²) in [4.78, 5) is 1.36. The first kappa shape index (κ1) is 15.4. The first-order chi connectivity index (χ1) is 9.76. The lowest BCUT2D eigenvalue weighted by molar-refractivity contribution is -0.0114. The Balaban J connectivity index is 2.12. The van der Waals surface area contributed by atoms with Crippen LogP contribution in [0.4, 0.5) is 0 Å².